The van der Waals surface area contributed by atoms with Crippen molar-refractivity contribution in [3.05, 3.63) is 50.1 Å². The maximum absolute atomic E-state index is 10.3. The summed E-state index contributed by atoms with van der Waals surface area (Å²) in [6.45, 7) is 3.24. The highest BCUT2D eigenvalue weighted by molar-refractivity contribution is 9.10. The molecule has 0 amide bonds. The van der Waals surface area contributed by atoms with Crippen molar-refractivity contribution >= 4 is 27.3 Å². The Morgan fingerprint density at radius 3 is 2.85 bits per heavy atom. The number of hydrogen-bond donors (Lipinski definition) is 2. The Morgan fingerprint density at radius 2 is 2.20 bits per heavy atom. The zero-order valence-electron chi connectivity index (χ0n) is 11.5. The van der Waals surface area contributed by atoms with Gasteiger partial charge in [0.2, 0.25) is 0 Å². The molecular weight excluding hydrogens is 338 g/mol. The Balaban J connectivity index is 1.96. The predicted molar refractivity (Wildman–Crippen MR) is 86.4 cm³/mol. The summed E-state index contributed by atoms with van der Waals surface area (Å²) >= 11 is 5.19. The largest absolute Gasteiger partial charge is 0.496 e. The molecule has 2 N–H and O–H groups in total. The molecular formula is C15H18BrNO2S. The Morgan fingerprint density at radius 1 is 1.40 bits per heavy atom. The Kier molecular flexibility index (Phi) is 5.60. The van der Waals surface area contributed by atoms with Gasteiger partial charge in [-0.05, 0) is 46.4 Å². The summed E-state index contributed by atoms with van der Waals surface area (Å²) in [5, 5.41) is 15.6. The number of rotatable bonds is 6. The van der Waals surface area contributed by atoms with E-state index in [9.17, 15) is 5.11 Å². The number of benzene rings is 1. The zero-order chi connectivity index (χ0) is 14.5. The minimum absolute atomic E-state index is 0.490. The van der Waals surface area contributed by atoms with Crippen LogP contribution in [0.2, 0.25) is 0 Å². The van der Waals surface area contributed by atoms with E-state index in [4.69, 9.17) is 4.74 Å². The first-order chi connectivity index (χ1) is 9.61. The number of nitrogens with one attached hydrogen (secondary N) is 1. The number of thiophene rings is 1. The second-order valence-corrected chi connectivity index (χ2v) is 6.44. The van der Waals surface area contributed by atoms with Crippen LogP contribution in [-0.4, -0.2) is 18.8 Å². The lowest BCUT2D eigenvalue weighted by Gasteiger charge is -2.16. The van der Waals surface area contributed by atoms with Crippen molar-refractivity contribution in [2.75, 3.05) is 13.7 Å². The fourth-order valence-electron chi connectivity index (χ4n) is 2.00. The molecule has 0 radical (unpaired) electrons. The molecule has 0 saturated heterocycles. The summed E-state index contributed by atoms with van der Waals surface area (Å²) in [4.78, 5) is 1.23. The van der Waals surface area contributed by atoms with Gasteiger partial charge in [0.25, 0.3) is 0 Å². The average molecular weight is 356 g/mol. The Hall–Kier alpha value is -0.880. The predicted octanol–water partition coefficient (Wildman–Crippen LogP) is 3.65. The van der Waals surface area contributed by atoms with E-state index in [2.05, 4.69) is 21.2 Å². The van der Waals surface area contributed by atoms with Crippen LogP contribution in [0.5, 0.6) is 5.75 Å². The molecule has 0 bridgehead atoms. The molecule has 0 fully saturated rings. The van der Waals surface area contributed by atoms with Crippen molar-refractivity contribution in [1.29, 1.82) is 0 Å². The van der Waals surface area contributed by atoms with Gasteiger partial charge in [-0.1, -0.05) is 11.6 Å². The molecule has 0 saturated carbocycles. The van der Waals surface area contributed by atoms with Gasteiger partial charge in [0.15, 0.2) is 0 Å². The SMILES string of the molecule is COc1ccc(C)cc1C(O)CNCc1sccc1Br. The molecule has 5 heteroatoms. The van der Waals surface area contributed by atoms with Crippen molar-refractivity contribution in [1.82, 2.24) is 5.32 Å². The molecule has 1 heterocycles. The van der Waals surface area contributed by atoms with Crippen LogP contribution in [0.15, 0.2) is 34.1 Å². The third-order valence-corrected chi connectivity index (χ3v) is 4.98. The summed E-state index contributed by atoms with van der Waals surface area (Å²) in [6, 6.07) is 7.86. The fraction of sp³-hybridized carbons (Fsp3) is 0.333. The second-order valence-electron chi connectivity index (χ2n) is 4.58. The van der Waals surface area contributed by atoms with Crippen LogP contribution in [0.25, 0.3) is 0 Å². The average Bonchev–Trinajstić information content (AvgIpc) is 2.84. The van der Waals surface area contributed by atoms with Crippen LogP contribution in [0.4, 0.5) is 0 Å². The summed E-state index contributed by atoms with van der Waals surface area (Å²) in [7, 11) is 1.62. The first-order valence-corrected chi connectivity index (χ1v) is 8.04. The Bertz CT molecular complexity index is 571. The Labute approximate surface area is 131 Å². The standard InChI is InChI=1S/C15H18BrNO2S/c1-10-3-4-14(19-2)11(7-10)13(18)8-17-9-15-12(16)5-6-20-15/h3-7,13,17-18H,8-9H2,1-2H3. The summed E-state index contributed by atoms with van der Waals surface area (Å²) in [5.41, 5.74) is 1.94. The van der Waals surface area contributed by atoms with Crippen molar-refractivity contribution < 1.29 is 9.84 Å². The normalized spacial score (nSPS) is 12.4. The van der Waals surface area contributed by atoms with Crippen LogP contribution in [0.1, 0.15) is 22.1 Å². The zero-order valence-corrected chi connectivity index (χ0v) is 13.9. The number of halogens is 1. The lowest BCUT2D eigenvalue weighted by atomic mass is 10.1. The van der Waals surface area contributed by atoms with E-state index >= 15 is 0 Å². The summed E-state index contributed by atoms with van der Waals surface area (Å²) in [6.07, 6.45) is -0.580. The van der Waals surface area contributed by atoms with Crippen LogP contribution in [0, 0.1) is 6.92 Å². The van der Waals surface area contributed by atoms with Crippen molar-refractivity contribution in [3.8, 4) is 5.75 Å². The van der Waals surface area contributed by atoms with Gasteiger partial charge in [0.05, 0.1) is 13.2 Å². The molecule has 1 unspecified atom stereocenters. The van der Waals surface area contributed by atoms with E-state index < -0.39 is 6.10 Å². The highest BCUT2D eigenvalue weighted by Crippen LogP contribution is 2.26. The smallest absolute Gasteiger partial charge is 0.124 e. The van der Waals surface area contributed by atoms with Gasteiger partial charge < -0.3 is 15.2 Å². The summed E-state index contributed by atoms with van der Waals surface area (Å²) < 4.78 is 6.41. The molecule has 1 atom stereocenters. The van der Waals surface area contributed by atoms with E-state index in [1.54, 1.807) is 18.4 Å². The minimum atomic E-state index is -0.580. The summed E-state index contributed by atoms with van der Waals surface area (Å²) in [5.74, 6) is 0.724. The molecule has 108 valence electrons. The van der Waals surface area contributed by atoms with Gasteiger partial charge in [-0.15, -0.1) is 11.3 Å². The third-order valence-electron chi connectivity index (χ3n) is 3.06. The molecule has 20 heavy (non-hydrogen) atoms. The van der Waals surface area contributed by atoms with Crippen LogP contribution < -0.4 is 10.1 Å². The highest BCUT2D eigenvalue weighted by atomic mass is 79.9. The molecule has 1 aromatic heterocycles. The number of hydrogen-bond acceptors (Lipinski definition) is 4. The molecule has 3 nitrogen and oxygen atoms in total. The molecule has 1 aromatic carbocycles. The minimum Gasteiger partial charge on any atom is -0.496 e. The molecule has 2 aromatic rings. The van der Waals surface area contributed by atoms with E-state index in [0.717, 1.165) is 27.9 Å². The maximum atomic E-state index is 10.3. The topological polar surface area (TPSA) is 41.5 Å². The molecule has 2 rings (SSSR count). The van der Waals surface area contributed by atoms with E-state index in [1.165, 1.54) is 4.88 Å². The van der Waals surface area contributed by atoms with Gasteiger partial charge in [0.1, 0.15) is 5.75 Å². The lowest BCUT2D eigenvalue weighted by molar-refractivity contribution is 0.170. The van der Waals surface area contributed by atoms with Crippen LogP contribution in [-0.2, 0) is 6.54 Å². The molecule has 0 aliphatic heterocycles. The van der Waals surface area contributed by atoms with Gasteiger partial charge in [-0.2, -0.15) is 0 Å². The molecule has 0 aliphatic carbocycles. The van der Waals surface area contributed by atoms with E-state index in [1.807, 2.05) is 36.6 Å². The van der Waals surface area contributed by atoms with Crippen LogP contribution >= 0.6 is 27.3 Å². The quantitative estimate of drug-likeness (QED) is 0.830. The first-order valence-electron chi connectivity index (χ1n) is 6.37. The van der Waals surface area contributed by atoms with E-state index in [-0.39, 0.29) is 0 Å². The molecule has 0 spiro atoms. The number of aryl methyl sites for hydroxylation is 1. The number of methoxy groups -OCH3 is 1. The highest BCUT2D eigenvalue weighted by Gasteiger charge is 2.13. The lowest BCUT2D eigenvalue weighted by Crippen LogP contribution is -2.21. The first kappa shape index (κ1) is 15.5. The van der Waals surface area contributed by atoms with Crippen LogP contribution in [0.3, 0.4) is 0 Å². The van der Waals surface area contributed by atoms with Crippen molar-refractivity contribution in [3.63, 3.8) is 0 Å². The van der Waals surface area contributed by atoms with E-state index in [0.29, 0.717) is 6.54 Å². The maximum Gasteiger partial charge on any atom is 0.124 e. The number of ether oxygens (including phenoxy) is 1. The van der Waals surface area contributed by atoms with Gasteiger partial charge in [0, 0.05) is 28.0 Å². The second kappa shape index (κ2) is 7.22. The van der Waals surface area contributed by atoms with Gasteiger partial charge >= 0.3 is 0 Å². The number of aliphatic hydroxyl groups excluding tert-OH is 1. The monoisotopic (exact) mass is 355 g/mol. The van der Waals surface area contributed by atoms with Crippen molar-refractivity contribution in [2.45, 2.75) is 19.6 Å². The van der Waals surface area contributed by atoms with Crippen molar-refractivity contribution in [2.24, 2.45) is 0 Å². The van der Waals surface area contributed by atoms with Gasteiger partial charge in [-0.25, -0.2) is 0 Å². The number of aliphatic hydroxyl groups is 1. The van der Waals surface area contributed by atoms with Gasteiger partial charge in [-0.3, -0.25) is 0 Å². The third kappa shape index (κ3) is 3.82. The molecule has 0 aliphatic rings. The fourth-order valence-corrected chi connectivity index (χ4v) is 3.46.